The molecular weight excluding hydrogens is 390 g/mol. The van der Waals surface area contributed by atoms with E-state index in [-0.39, 0.29) is 41.8 Å². The van der Waals surface area contributed by atoms with Crippen molar-refractivity contribution < 1.29 is 19.7 Å². The van der Waals surface area contributed by atoms with Crippen molar-refractivity contribution in [3.63, 3.8) is 0 Å². The summed E-state index contributed by atoms with van der Waals surface area (Å²) in [5, 5.41) is 22.2. The van der Waals surface area contributed by atoms with Gasteiger partial charge < -0.3 is 19.7 Å². The molecule has 1 aromatic rings. The lowest BCUT2D eigenvalue weighted by atomic mass is 9.71. The van der Waals surface area contributed by atoms with E-state index in [0.717, 1.165) is 62.0 Å². The zero-order chi connectivity index (χ0) is 22.7. The molecule has 31 heavy (non-hydrogen) atoms. The molecule has 3 unspecified atom stereocenters. The first-order chi connectivity index (χ1) is 14.4. The summed E-state index contributed by atoms with van der Waals surface area (Å²) in [6.07, 6.45) is 7.00. The summed E-state index contributed by atoms with van der Waals surface area (Å²) in [5.74, 6) is 1.09. The van der Waals surface area contributed by atoms with Gasteiger partial charge in [0.1, 0.15) is 0 Å². The van der Waals surface area contributed by atoms with Crippen molar-refractivity contribution in [3.05, 3.63) is 11.1 Å². The van der Waals surface area contributed by atoms with Crippen molar-refractivity contribution in [2.45, 2.75) is 129 Å². The molecule has 5 nitrogen and oxygen atoms in total. The van der Waals surface area contributed by atoms with Crippen LogP contribution in [-0.2, 0) is 9.47 Å². The van der Waals surface area contributed by atoms with Crippen LogP contribution >= 0.6 is 0 Å². The van der Waals surface area contributed by atoms with Crippen molar-refractivity contribution in [3.8, 4) is 11.8 Å². The molecule has 1 aliphatic heterocycles. The Hall–Kier alpha value is -1.20. The Morgan fingerprint density at radius 1 is 0.839 bits per heavy atom. The monoisotopic (exact) mass is 433 g/mol. The van der Waals surface area contributed by atoms with Crippen LogP contribution in [0, 0.1) is 11.3 Å². The number of aromatic nitrogens is 1. The summed E-state index contributed by atoms with van der Waals surface area (Å²) < 4.78 is 15.0. The van der Waals surface area contributed by atoms with Crippen LogP contribution in [0.5, 0.6) is 11.8 Å². The highest BCUT2D eigenvalue weighted by atomic mass is 16.8. The minimum atomic E-state index is -0.418. The number of rotatable bonds is 3. The molecule has 0 radical (unpaired) electrons. The van der Waals surface area contributed by atoms with Gasteiger partial charge in [0.15, 0.2) is 17.5 Å². The van der Waals surface area contributed by atoms with Gasteiger partial charge in [-0.05, 0) is 55.3 Å². The minimum absolute atomic E-state index is 0.0379. The summed E-state index contributed by atoms with van der Waals surface area (Å²) in [5.41, 5.74) is 2.11. The van der Waals surface area contributed by atoms with E-state index in [1.807, 2.05) is 0 Å². The Morgan fingerprint density at radius 3 is 1.84 bits per heavy atom. The summed E-state index contributed by atoms with van der Waals surface area (Å²) in [6.45, 7) is 15.3. The molecule has 1 saturated heterocycles. The molecule has 2 heterocycles. The third-order valence-corrected chi connectivity index (χ3v) is 8.16. The average Bonchev–Trinajstić information content (AvgIpc) is 3.14. The van der Waals surface area contributed by atoms with Gasteiger partial charge >= 0.3 is 0 Å². The highest BCUT2D eigenvalue weighted by Crippen LogP contribution is 2.52. The molecule has 1 aromatic heterocycles. The van der Waals surface area contributed by atoms with Gasteiger partial charge in [0.05, 0.1) is 12.2 Å². The molecule has 2 aliphatic carbocycles. The van der Waals surface area contributed by atoms with E-state index < -0.39 is 5.79 Å². The van der Waals surface area contributed by atoms with Gasteiger partial charge in [-0.2, -0.15) is 0 Å². The summed E-state index contributed by atoms with van der Waals surface area (Å²) >= 11 is 0. The third-order valence-electron chi connectivity index (χ3n) is 8.16. The fourth-order valence-corrected chi connectivity index (χ4v) is 6.40. The molecule has 2 saturated carbocycles. The molecule has 4 rings (SSSR count). The van der Waals surface area contributed by atoms with Gasteiger partial charge in [-0.15, -0.1) is 0 Å². The van der Waals surface area contributed by atoms with Crippen molar-refractivity contribution in [1.29, 1.82) is 0 Å². The largest absolute Gasteiger partial charge is 0.494 e. The minimum Gasteiger partial charge on any atom is -0.494 e. The van der Waals surface area contributed by atoms with Crippen LogP contribution in [0.3, 0.4) is 0 Å². The number of hydrogen-bond donors (Lipinski definition) is 2. The van der Waals surface area contributed by atoms with Crippen LogP contribution in [0.2, 0.25) is 0 Å². The first kappa shape index (κ1) is 23.0. The molecule has 2 N–H and O–H groups in total. The molecule has 3 atom stereocenters. The number of fused-ring (bicyclic) bond motifs is 1. The van der Waals surface area contributed by atoms with Gasteiger partial charge in [0.2, 0.25) is 0 Å². The first-order valence-electron chi connectivity index (χ1n) is 12.4. The molecule has 0 bridgehead atoms. The molecule has 0 amide bonds. The lowest BCUT2D eigenvalue weighted by Crippen LogP contribution is -2.39. The third kappa shape index (κ3) is 4.01. The summed E-state index contributed by atoms with van der Waals surface area (Å²) in [6, 6.07) is 0.0379. The molecule has 3 aliphatic rings. The van der Waals surface area contributed by atoms with Crippen LogP contribution in [0.1, 0.15) is 122 Å². The SMILES string of the molecule is CC(C)c1c(C(C)C)c(O)n(C2CCC3OC4(CCC(C(C)(C)C)CC4)OC3C2)c1O. The van der Waals surface area contributed by atoms with E-state index in [4.69, 9.17) is 9.47 Å². The molecule has 1 spiro atoms. The Kier molecular flexibility index (Phi) is 5.92. The van der Waals surface area contributed by atoms with Crippen LogP contribution in [0.25, 0.3) is 0 Å². The van der Waals surface area contributed by atoms with E-state index in [1.165, 1.54) is 0 Å². The van der Waals surface area contributed by atoms with E-state index in [9.17, 15) is 10.2 Å². The second-order valence-electron chi connectivity index (χ2n) is 12.0. The number of aromatic hydroxyl groups is 2. The van der Waals surface area contributed by atoms with Crippen molar-refractivity contribution in [1.82, 2.24) is 4.57 Å². The predicted octanol–water partition coefficient (Wildman–Crippen LogP) is 6.59. The normalized spacial score (nSPS) is 34.1. The highest BCUT2D eigenvalue weighted by Gasteiger charge is 2.52. The Balaban J connectivity index is 1.51. The lowest BCUT2D eigenvalue weighted by Gasteiger charge is -2.41. The lowest BCUT2D eigenvalue weighted by molar-refractivity contribution is -0.202. The summed E-state index contributed by atoms with van der Waals surface area (Å²) in [7, 11) is 0. The molecule has 3 fully saturated rings. The zero-order valence-corrected chi connectivity index (χ0v) is 20.6. The van der Waals surface area contributed by atoms with Crippen molar-refractivity contribution in [2.75, 3.05) is 0 Å². The maximum absolute atomic E-state index is 11.1. The van der Waals surface area contributed by atoms with Crippen LogP contribution in [0.15, 0.2) is 0 Å². The van der Waals surface area contributed by atoms with Crippen LogP contribution in [0.4, 0.5) is 0 Å². The van der Waals surface area contributed by atoms with E-state index in [2.05, 4.69) is 48.5 Å². The number of ether oxygens (including phenoxy) is 2. The van der Waals surface area contributed by atoms with E-state index in [1.54, 1.807) is 4.57 Å². The first-order valence-corrected chi connectivity index (χ1v) is 12.4. The fourth-order valence-electron chi connectivity index (χ4n) is 6.40. The quantitative estimate of drug-likeness (QED) is 0.564. The van der Waals surface area contributed by atoms with Crippen LogP contribution in [-0.4, -0.2) is 32.8 Å². The Labute approximate surface area is 188 Å². The number of nitrogens with zero attached hydrogens (tertiary/aromatic N) is 1. The van der Waals surface area contributed by atoms with Gasteiger partial charge in [-0.1, -0.05) is 48.5 Å². The Bertz CT molecular complexity index is 764. The average molecular weight is 434 g/mol. The van der Waals surface area contributed by atoms with Crippen molar-refractivity contribution >= 4 is 0 Å². The molecular formula is C26H43NO4. The maximum atomic E-state index is 11.1. The number of hydrogen-bond acceptors (Lipinski definition) is 4. The van der Waals surface area contributed by atoms with Gasteiger partial charge in [0, 0.05) is 30.0 Å². The highest BCUT2D eigenvalue weighted by molar-refractivity contribution is 5.49. The zero-order valence-electron chi connectivity index (χ0n) is 20.6. The van der Waals surface area contributed by atoms with Gasteiger partial charge in [-0.3, -0.25) is 4.57 Å². The summed E-state index contributed by atoms with van der Waals surface area (Å²) in [4.78, 5) is 0. The topological polar surface area (TPSA) is 63.9 Å². The molecule has 5 heteroatoms. The van der Waals surface area contributed by atoms with Gasteiger partial charge in [0.25, 0.3) is 0 Å². The second-order valence-corrected chi connectivity index (χ2v) is 12.0. The smallest absolute Gasteiger partial charge is 0.198 e. The molecule has 0 aromatic carbocycles. The van der Waals surface area contributed by atoms with Crippen LogP contribution < -0.4 is 0 Å². The van der Waals surface area contributed by atoms with E-state index >= 15 is 0 Å². The van der Waals surface area contributed by atoms with Gasteiger partial charge in [-0.25, -0.2) is 0 Å². The second kappa shape index (κ2) is 7.98. The maximum Gasteiger partial charge on any atom is 0.198 e. The standard InChI is InChI=1S/C26H43NO4/c1-15(2)21-22(16(3)4)24(29)27(23(21)28)18-8-9-19-20(14-18)31-26(30-19)12-10-17(11-13-26)25(5,6)7/h15-20,28-29H,8-14H2,1-7H3. The molecule has 176 valence electrons. The van der Waals surface area contributed by atoms with Crippen molar-refractivity contribution in [2.24, 2.45) is 11.3 Å². The predicted molar refractivity (Wildman–Crippen MR) is 123 cm³/mol. The Morgan fingerprint density at radius 2 is 1.35 bits per heavy atom. The fraction of sp³-hybridized carbons (Fsp3) is 0.846. The van der Waals surface area contributed by atoms with E-state index in [0.29, 0.717) is 5.41 Å².